The number of nitrogens with zero attached hydrogens (tertiary/aromatic N) is 3. The van der Waals surface area contributed by atoms with Gasteiger partial charge in [-0.05, 0) is 112 Å². The van der Waals surface area contributed by atoms with Gasteiger partial charge in [0.25, 0.3) is 0 Å². The van der Waals surface area contributed by atoms with Gasteiger partial charge in [0.05, 0.1) is 48.0 Å². The number of rotatable bonds is 12. The van der Waals surface area contributed by atoms with Gasteiger partial charge in [-0.25, -0.2) is 9.78 Å². The first-order chi connectivity index (χ1) is 27.1. The second-order valence-electron chi connectivity index (χ2n) is 15.1. The van der Waals surface area contributed by atoms with E-state index >= 15 is 0 Å². The van der Waals surface area contributed by atoms with E-state index in [0.29, 0.717) is 52.3 Å². The van der Waals surface area contributed by atoms with Crippen LogP contribution in [-0.4, -0.2) is 95.2 Å². The Bertz CT molecular complexity index is 2460. The number of esters is 2. The lowest BCUT2D eigenvalue weighted by molar-refractivity contribution is -0.149. The summed E-state index contributed by atoms with van der Waals surface area (Å²) in [5, 5.41) is 12.8. The van der Waals surface area contributed by atoms with E-state index in [1.165, 1.54) is 14.2 Å². The molecule has 298 valence electrons. The fourth-order valence-electron chi connectivity index (χ4n) is 8.10. The molecule has 0 radical (unpaired) electrons. The summed E-state index contributed by atoms with van der Waals surface area (Å²) >= 11 is 0. The van der Waals surface area contributed by atoms with Crippen molar-refractivity contribution in [1.82, 2.24) is 30.2 Å². The first kappa shape index (κ1) is 40.6. The summed E-state index contributed by atoms with van der Waals surface area (Å²) in [6.07, 6.45) is 6.00. The average Bonchev–Trinajstić information content (AvgIpc) is 3.82. The van der Waals surface area contributed by atoms with E-state index in [1.807, 2.05) is 71.0 Å². The normalized spacial score (nSPS) is 17.5. The third-order valence-electron chi connectivity index (χ3n) is 11.4. The molecule has 1 aliphatic carbocycles. The van der Waals surface area contributed by atoms with Crippen molar-refractivity contribution in [2.75, 3.05) is 41.4 Å². The molecular weight excluding hydrogens is 725 g/mol. The zero-order chi connectivity index (χ0) is 41.3. The Morgan fingerprint density at radius 2 is 1.53 bits per heavy atom. The Balaban J connectivity index is 1.69. The summed E-state index contributed by atoms with van der Waals surface area (Å²) in [6.45, 7) is 13.1. The van der Waals surface area contributed by atoms with Gasteiger partial charge in [0.15, 0.2) is 0 Å². The Labute approximate surface area is 331 Å². The Morgan fingerprint density at radius 3 is 2.12 bits per heavy atom. The molecule has 57 heavy (non-hydrogen) atoms. The topological polar surface area (TPSA) is 180 Å². The minimum atomic E-state index is -1.18. The van der Waals surface area contributed by atoms with Gasteiger partial charge < -0.3 is 34.8 Å². The fraction of sp³-hybridized carbons (Fsp3) is 0.364. The highest BCUT2D eigenvalue weighted by atomic mass is 16.5. The summed E-state index contributed by atoms with van der Waals surface area (Å²) in [7, 11) is 6.46. The van der Waals surface area contributed by atoms with Gasteiger partial charge in [-0.15, -0.1) is 0 Å². The zero-order valence-electron chi connectivity index (χ0n) is 33.8. The number of hydrogen-bond acceptors (Lipinski definition) is 9. The van der Waals surface area contributed by atoms with E-state index in [-0.39, 0.29) is 30.7 Å². The Hall–Kier alpha value is -6.08. The molecular formula is C44H50N6O7. The number of H-pyrrole nitrogens is 2. The monoisotopic (exact) mass is 774 g/mol. The SMILES string of the molecule is C=CC1=C(C)c2cc3nc(cc4[nH]c(cc5[nH]c(cc1n2)c(C)c5CCC(=O)NCCN(C)C)c(CCC(=O)O)c4C)[C@@]1(C)C3=CC=C(C(=O)OC)[C@H]1C(=O)OC. The first-order valence-corrected chi connectivity index (χ1v) is 18.9. The number of carbonyl (C=O) groups is 4. The van der Waals surface area contributed by atoms with Crippen LogP contribution in [-0.2, 0) is 46.9 Å². The highest BCUT2D eigenvalue weighted by Crippen LogP contribution is 2.52. The number of aliphatic carboxylic acids is 1. The molecule has 5 heterocycles. The van der Waals surface area contributed by atoms with Crippen LogP contribution in [0.25, 0.3) is 38.8 Å². The van der Waals surface area contributed by atoms with Gasteiger partial charge in [0.2, 0.25) is 5.91 Å². The van der Waals surface area contributed by atoms with Crippen molar-refractivity contribution < 1.29 is 33.8 Å². The molecule has 13 nitrogen and oxygen atoms in total. The van der Waals surface area contributed by atoms with Gasteiger partial charge in [0.1, 0.15) is 5.92 Å². The maximum Gasteiger partial charge on any atom is 0.334 e. The number of likely N-dealkylation sites (N-methyl/N-ethyl adjacent to an activating group) is 1. The number of aromatic nitrogens is 4. The lowest BCUT2D eigenvalue weighted by Gasteiger charge is -2.36. The number of fused-ring (bicyclic) bond motifs is 11. The van der Waals surface area contributed by atoms with Crippen LogP contribution >= 0.6 is 0 Å². The fourth-order valence-corrected chi connectivity index (χ4v) is 8.10. The minimum absolute atomic E-state index is 0.0575. The van der Waals surface area contributed by atoms with E-state index in [2.05, 4.69) is 21.9 Å². The van der Waals surface area contributed by atoms with Crippen molar-refractivity contribution in [1.29, 1.82) is 0 Å². The third kappa shape index (κ3) is 7.59. The number of aromatic amines is 2. The molecule has 0 aromatic carbocycles. The van der Waals surface area contributed by atoms with Crippen LogP contribution in [0.4, 0.5) is 0 Å². The lowest BCUT2D eigenvalue weighted by atomic mass is 9.64. The number of ether oxygens (including phenoxy) is 2. The second kappa shape index (κ2) is 16.2. The number of carboxylic acids is 1. The van der Waals surface area contributed by atoms with Crippen molar-refractivity contribution in [3.05, 3.63) is 99.7 Å². The smallest absolute Gasteiger partial charge is 0.334 e. The maximum absolute atomic E-state index is 13.7. The van der Waals surface area contributed by atoms with Gasteiger partial charge in [-0.3, -0.25) is 19.4 Å². The largest absolute Gasteiger partial charge is 0.481 e. The molecule has 6 rings (SSSR count). The molecule has 0 saturated heterocycles. The lowest BCUT2D eigenvalue weighted by Crippen LogP contribution is -2.42. The van der Waals surface area contributed by atoms with Crippen LogP contribution in [0.3, 0.4) is 0 Å². The standard InChI is InChI=1S/C44H50N6O7/c1-10-26-23(2)32-20-37-30-14-11-29(42(54)56-8)41(43(55)57-9)44(30,5)38(49-37)22-33-25(4)28(13-16-40(52)53)36(48-33)21-35-27(12-15-39(51)45-17-18-50(6)7)24(3)31(47-35)19-34(26)46-32/h10-11,14,19-22,41,47-48H,1,12-13,15-18H2,2-9H3,(H,45,51)(H,52,53)/t41-,44+/m0/s1. The predicted octanol–water partition coefficient (Wildman–Crippen LogP) is 5.92. The summed E-state index contributed by atoms with van der Waals surface area (Å²) in [6, 6.07) is 7.68. The second-order valence-corrected chi connectivity index (χ2v) is 15.1. The van der Waals surface area contributed by atoms with Crippen LogP contribution in [0.2, 0.25) is 0 Å². The number of allylic oxidation sites excluding steroid dienone is 6. The van der Waals surface area contributed by atoms with Crippen molar-refractivity contribution in [2.45, 2.75) is 58.8 Å². The molecule has 2 atom stereocenters. The molecule has 8 bridgehead atoms. The quantitative estimate of drug-likeness (QED) is 0.162. The molecule has 1 amide bonds. The van der Waals surface area contributed by atoms with Crippen molar-refractivity contribution >= 4 is 62.6 Å². The number of carboxylic acid groups (broad SMARTS) is 1. The van der Waals surface area contributed by atoms with E-state index < -0.39 is 29.2 Å². The molecule has 0 saturated carbocycles. The molecule has 3 aliphatic rings. The number of hydrogen-bond donors (Lipinski definition) is 4. The maximum atomic E-state index is 13.7. The molecule has 3 aromatic heterocycles. The Morgan fingerprint density at radius 1 is 0.877 bits per heavy atom. The summed E-state index contributed by atoms with van der Waals surface area (Å²) in [5.74, 6) is -3.38. The van der Waals surface area contributed by atoms with E-state index in [1.54, 1.807) is 18.2 Å². The number of aryl methyl sites for hydroxylation is 4. The van der Waals surface area contributed by atoms with E-state index in [9.17, 15) is 24.3 Å². The molecule has 13 heteroatoms. The molecule has 3 aromatic rings. The highest BCUT2D eigenvalue weighted by Gasteiger charge is 2.53. The average molecular weight is 775 g/mol. The van der Waals surface area contributed by atoms with Crippen LogP contribution < -0.4 is 5.32 Å². The van der Waals surface area contributed by atoms with Crippen molar-refractivity contribution in [3.63, 3.8) is 0 Å². The van der Waals surface area contributed by atoms with Gasteiger partial charge in [-0.2, -0.15) is 0 Å². The van der Waals surface area contributed by atoms with Gasteiger partial charge in [0, 0.05) is 53.6 Å². The number of carbonyl (C=O) groups excluding carboxylic acids is 3. The van der Waals surface area contributed by atoms with Crippen LogP contribution in [0.1, 0.15) is 71.7 Å². The van der Waals surface area contributed by atoms with Crippen LogP contribution in [0, 0.1) is 19.8 Å². The number of methoxy groups -OCH3 is 2. The van der Waals surface area contributed by atoms with Crippen LogP contribution in [0.5, 0.6) is 0 Å². The van der Waals surface area contributed by atoms with Crippen molar-refractivity contribution in [2.24, 2.45) is 5.92 Å². The molecule has 0 fully saturated rings. The molecule has 0 spiro atoms. The number of amides is 1. The van der Waals surface area contributed by atoms with E-state index in [0.717, 1.165) is 51.0 Å². The van der Waals surface area contributed by atoms with E-state index in [4.69, 9.17) is 19.4 Å². The molecule has 0 unspecified atom stereocenters. The summed E-state index contributed by atoms with van der Waals surface area (Å²) in [5.41, 5.74) is 10.1. The zero-order valence-corrected chi connectivity index (χ0v) is 33.8. The number of nitrogens with one attached hydrogen (secondary N) is 3. The molecule has 2 aliphatic heterocycles. The van der Waals surface area contributed by atoms with Crippen LogP contribution in [0.15, 0.2) is 54.6 Å². The summed E-state index contributed by atoms with van der Waals surface area (Å²) < 4.78 is 10.4. The van der Waals surface area contributed by atoms with Gasteiger partial charge >= 0.3 is 17.9 Å². The minimum Gasteiger partial charge on any atom is -0.481 e. The third-order valence-corrected chi connectivity index (χ3v) is 11.4. The molecule has 4 N–H and O–H groups in total. The summed E-state index contributed by atoms with van der Waals surface area (Å²) in [4.78, 5) is 71.2. The first-order valence-electron chi connectivity index (χ1n) is 18.9. The van der Waals surface area contributed by atoms with Gasteiger partial charge in [-0.1, -0.05) is 24.8 Å². The van der Waals surface area contributed by atoms with Crippen molar-refractivity contribution in [3.8, 4) is 0 Å². The Kier molecular flexibility index (Phi) is 11.5. The predicted molar refractivity (Wildman–Crippen MR) is 220 cm³/mol. The highest BCUT2D eigenvalue weighted by molar-refractivity contribution is 6.02.